The largest absolute Gasteiger partial charge is 0.376 e. The molecule has 27 heavy (non-hydrogen) atoms. The summed E-state index contributed by atoms with van der Waals surface area (Å²) in [6.07, 6.45) is 5.48. The topological polar surface area (TPSA) is 84.0 Å². The average Bonchev–Trinajstić information content (AvgIpc) is 3.22. The van der Waals surface area contributed by atoms with Crippen LogP contribution in [0.3, 0.4) is 0 Å². The Morgan fingerprint density at radius 3 is 2.89 bits per heavy atom. The van der Waals surface area contributed by atoms with E-state index >= 15 is 0 Å². The summed E-state index contributed by atoms with van der Waals surface area (Å²) in [5.74, 6) is 0.669. The number of hydrogen-bond donors (Lipinski definition) is 3. The molecule has 0 spiro atoms. The molecule has 0 aromatic heterocycles. The first-order chi connectivity index (χ1) is 13.2. The third-order valence-electron chi connectivity index (χ3n) is 5.29. The number of rotatable bonds is 8. The molecule has 2 aliphatic heterocycles. The van der Waals surface area contributed by atoms with Crippen LogP contribution in [0.5, 0.6) is 0 Å². The first-order valence-electron chi connectivity index (χ1n) is 9.76. The molecule has 4 N–H and O–H groups in total. The zero-order valence-electron chi connectivity index (χ0n) is 15.9. The Balaban J connectivity index is 1.54. The van der Waals surface area contributed by atoms with Gasteiger partial charge in [0.25, 0.3) is 5.91 Å². The fourth-order valence-electron chi connectivity index (χ4n) is 3.67. The molecule has 0 radical (unpaired) electrons. The number of hydrogen-bond acceptors (Lipinski definition) is 4. The zero-order valence-corrected chi connectivity index (χ0v) is 16.7. The number of nitrogens with two attached hydrogens (primary N) is 1. The second-order valence-corrected chi connectivity index (χ2v) is 8.23. The molecule has 3 rings (SSSR count). The standard InChI is InChI=1S/C20H29N3O3S/c1-27-10-8-17(19(24)22-13-16-7-4-9-26-16)23-20(25)18-11-14-5-2-3-6-15(14)12-21-18/h2-3,5-6,16-18,21H,4,7-13H2,1H3,(H,22,24)(H,23,25)/p+1/t16-,17-,18-/m0/s1. The Morgan fingerprint density at radius 2 is 2.15 bits per heavy atom. The van der Waals surface area contributed by atoms with Gasteiger partial charge in [0.1, 0.15) is 12.6 Å². The maximum absolute atomic E-state index is 12.8. The molecule has 7 heteroatoms. The van der Waals surface area contributed by atoms with Gasteiger partial charge in [0.05, 0.1) is 6.10 Å². The minimum absolute atomic E-state index is 0.0529. The molecule has 1 fully saturated rings. The lowest BCUT2D eigenvalue weighted by molar-refractivity contribution is -0.695. The summed E-state index contributed by atoms with van der Waals surface area (Å²) in [7, 11) is 0. The minimum Gasteiger partial charge on any atom is -0.376 e. The Labute approximate surface area is 165 Å². The van der Waals surface area contributed by atoms with Crippen LogP contribution in [0.2, 0.25) is 0 Å². The highest BCUT2D eigenvalue weighted by Gasteiger charge is 2.31. The van der Waals surface area contributed by atoms with E-state index in [1.54, 1.807) is 11.8 Å². The van der Waals surface area contributed by atoms with Crippen molar-refractivity contribution in [2.24, 2.45) is 0 Å². The Bertz CT molecular complexity index is 649. The van der Waals surface area contributed by atoms with Crippen LogP contribution in [0.4, 0.5) is 0 Å². The van der Waals surface area contributed by atoms with Gasteiger partial charge in [-0.2, -0.15) is 11.8 Å². The second kappa shape index (κ2) is 10.1. The molecule has 2 heterocycles. The van der Waals surface area contributed by atoms with Crippen LogP contribution < -0.4 is 16.0 Å². The van der Waals surface area contributed by atoms with Gasteiger partial charge in [-0.25, -0.2) is 0 Å². The van der Waals surface area contributed by atoms with Gasteiger partial charge >= 0.3 is 0 Å². The van der Waals surface area contributed by atoms with Gasteiger partial charge in [0.15, 0.2) is 6.04 Å². The maximum atomic E-state index is 12.8. The van der Waals surface area contributed by atoms with Crippen molar-refractivity contribution in [2.75, 3.05) is 25.2 Å². The van der Waals surface area contributed by atoms with Crippen LogP contribution >= 0.6 is 11.8 Å². The Kier molecular flexibility index (Phi) is 7.55. The van der Waals surface area contributed by atoms with Gasteiger partial charge < -0.3 is 20.7 Å². The van der Waals surface area contributed by atoms with Crippen molar-refractivity contribution >= 4 is 23.6 Å². The van der Waals surface area contributed by atoms with Gasteiger partial charge in [-0.05, 0) is 36.8 Å². The monoisotopic (exact) mass is 392 g/mol. The third kappa shape index (κ3) is 5.70. The van der Waals surface area contributed by atoms with Crippen molar-refractivity contribution in [1.29, 1.82) is 0 Å². The van der Waals surface area contributed by atoms with Crippen LogP contribution in [-0.4, -0.2) is 55.2 Å². The Morgan fingerprint density at radius 1 is 1.33 bits per heavy atom. The highest BCUT2D eigenvalue weighted by molar-refractivity contribution is 7.98. The molecule has 0 saturated carbocycles. The molecule has 1 saturated heterocycles. The van der Waals surface area contributed by atoms with E-state index in [1.165, 1.54) is 11.1 Å². The average molecular weight is 393 g/mol. The fourth-order valence-corrected chi connectivity index (χ4v) is 4.14. The lowest BCUT2D eigenvalue weighted by Crippen LogP contribution is -2.93. The van der Waals surface area contributed by atoms with Crippen LogP contribution in [0.25, 0.3) is 0 Å². The van der Waals surface area contributed by atoms with E-state index in [0.29, 0.717) is 19.4 Å². The van der Waals surface area contributed by atoms with Crippen molar-refractivity contribution in [3.05, 3.63) is 35.4 Å². The number of ether oxygens (including phenoxy) is 1. The van der Waals surface area contributed by atoms with Crippen LogP contribution in [-0.2, 0) is 27.3 Å². The molecule has 3 atom stereocenters. The molecule has 2 aliphatic rings. The van der Waals surface area contributed by atoms with Crippen molar-refractivity contribution in [3.63, 3.8) is 0 Å². The smallest absolute Gasteiger partial charge is 0.279 e. The van der Waals surface area contributed by atoms with Gasteiger partial charge in [-0.15, -0.1) is 0 Å². The predicted molar refractivity (Wildman–Crippen MR) is 106 cm³/mol. The van der Waals surface area contributed by atoms with E-state index in [0.717, 1.165) is 31.7 Å². The van der Waals surface area contributed by atoms with E-state index in [2.05, 4.69) is 28.1 Å². The van der Waals surface area contributed by atoms with Gasteiger partial charge in [-0.1, -0.05) is 24.3 Å². The highest BCUT2D eigenvalue weighted by atomic mass is 32.2. The van der Waals surface area contributed by atoms with Crippen LogP contribution in [0, 0.1) is 0 Å². The SMILES string of the molecule is CSCC[C@H](NC(=O)[C@@H]1Cc2ccccc2C[NH2+]1)C(=O)NC[C@@H]1CCCO1. The van der Waals surface area contributed by atoms with E-state index in [1.807, 2.05) is 18.4 Å². The first kappa shape index (κ1) is 20.2. The van der Waals surface area contributed by atoms with Crippen LogP contribution in [0.1, 0.15) is 30.4 Å². The van der Waals surface area contributed by atoms with Gasteiger partial charge in [0.2, 0.25) is 5.91 Å². The number of fused-ring (bicyclic) bond motifs is 1. The molecule has 0 aliphatic carbocycles. The van der Waals surface area contributed by atoms with Crippen molar-refractivity contribution in [2.45, 2.75) is 50.4 Å². The number of amides is 2. The third-order valence-corrected chi connectivity index (χ3v) is 5.93. The number of carbonyl (C=O) groups excluding carboxylic acids is 2. The number of thioether (sulfide) groups is 1. The summed E-state index contributed by atoms with van der Waals surface area (Å²) < 4.78 is 5.56. The predicted octanol–water partition coefficient (Wildman–Crippen LogP) is 0.208. The van der Waals surface area contributed by atoms with E-state index in [4.69, 9.17) is 4.74 Å². The molecule has 0 unspecified atom stereocenters. The zero-order chi connectivity index (χ0) is 19.1. The second-order valence-electron chi connectivity index (χ2n) is 7.24. The number of nitrogens with one attached hydrogen (secondary N) is 2. The lowest BCUT2D eigenvalue weighted by Gasteiger charge is -2.25. The summed E-state index contributed by atoms with van der Waals surface area (Å²) >= 11 is 1.68. The molecular weight excluding hydrogens is 362 g/mol. The minimum atomic E-state index is -0.489. The highest BCUT2D eigenvalue weighted by Crippen LogP contribution is 2.13. The molecule has 148 valence electrons. The summed E-state index contributed by atoms with van der Waals surface area (Å²) in [4.78, 5) is 25.4. The van der Waals surface area contributed by atoms with Gasteiger partial charge in [-0.3, -0.25) is 9.59 Å². The maximum Gasteiger partial charge on any atom is 0.279 e. The molecule has 1 aromatic rings. The van der Waals surface area contributed by atoms with E-state index in [-0.39, 0.29) is 24.0 Å². The molecule has 2 amide bonds. The van der Waals surface area contributed by atoms with Gasteiger partial charge in [0, 0.05) is 25.1 Å². The van der Waals surface area contributed by atoms with Crippen LogP contribution in [0.15, 0.2) is 24.3 Å². The molecule has 0 bridgehead atoms. The van der Waals surface area contributed by atoms with Crippen molar-refractivity contribution < 1.29 is 19.6 Å². The molecule has 6 nitrogen and oxygen atoms in total. The molecular formula is C20H30N3O3S+. The Hall–Kier alpha value is -1.57. The van der Waals surface area contributed by atoms with E-state index < -0.39 is 6.04 Å². The number of quaternary nitrogens is 1. The normalized spacial score (nSPS) is 22.7. The fraction of sp³-hybridized carbons (Fsp3) is 0.600. The first-order valence-corrected chi connectivity index (χ1v) is 11.2. The summed E-state index contributed by atoms with van der Waals surface area (Å²) in [6.45, 7) is 2.09. The summed E-state index contributed by atoms with van der Waals surface area (Å²) in [6, 6.07) is 7.57. The van der Waals surface area contributed by atoms with E-state index in [9.17, 15) is 9.59 Å². The summed E-state index contributed by atoms with van der Waals surface area (Å²) in [5.41, 5.74) is 2.51. The van der Waals surface area contributed by atoms with Crippen molar-refractivity contribution in [3.8, 4) is 0 Å². The van der Waals surface area contributed by atoms with Crippen molar-refractivity contribution in [1.82, 2.24) is 10.6 Å². The summed E-state index contributed by atoms with van der Waals surface area (Å²) in [5, 5.41) is 8.01. The lowest BCUT2D eigenvalue weighted by atomic mass is 9.95. The number of carbonyl (C=O) groups is 2. The quantitative estimate of drug-likeness (QED) is 0.591. The number of benzene rings is 1. The molecule has 1 aromatic carbocycles.